The number of rotatable bonds is 3. The number of nitrogens with zero attached hydrogens (tertiary/aromatic N) is 4. The second-order valence-corrected chi connectivity index (χ2v) is 5.11. The zero-order valence-corrected chi connectivity index (χ0v) is 12.5. The van der Waals surface area contributed by atoms with Crippen molar-refractivity contribution in [3.05, 3.63) is 59.2 Å². The van der Waals surface area contributed by atoms with E-state index in [9.17, 15) is 18.0 Å². The largest absolute Gasteiger partial charge is 0.416 e. The van der Waals surface area contributed by atoms with Crippen molar-refractivity contribution in [1.82, 2.24) is 24.9 Å². The van der Waals surface area contributed by atoms with Crippen LogP contribution in [0.3, 0.4) is 0 Å². The molecule has 24 heavy (non-hydrogen) atoms. The Morgan fingerprint density at radius 3 is 2.54 bits per heavy atom. The highest BCUT2D eigenvalue weighted by molar-refractivity contribution is 5.90. The van der Waals surface area contributed by atoms with Gasteiger partial charge in [-0.3, -0.25) is 4.79 Å². The van der Waals surface area contributed by atoms with Gasteiger partial charge in [0.2, 0.25) is 5.82 Å². The summed E-state index contributed by atoms with van der Waals surface area (Å²) in [7, 11) is 0. The van der Waals surface area contributed by atoms with Crippen molar-refractivity contribution in [1.29, 1.82) is 0 Å². The Bertz CT molecular complexity index is 886. The smallest absolute Gasteiger partial charge is 0.345 e. The van der Waals surface area contributed by atoms with Crippen LogP contribution >= 0.6 is 0 Å². The fraction of sp³-hybridized carbons (Fsp3) is 0.200. The van der Waals surface area contributed by atoms with Crippen molar-refractivity contribution in [3.63, 3.8) is 0 Å². The van der Waals surface area contributed by atoms with Crippen molar-refractivity contribution in [2.75, 3.05) is 0 Å². The van der Waals surface area contributed by atoms with Gasteiger partial charge in [-0.1, -0.05) is 12.1 Å². The fourth-order valence-electron chi connectivity index (χ4n) is 2.08. The summed E-state index contributed by atoms with van der Waals surface area (Å²) in [6.07, 6.45) is -2.82. The highest BCUT2D eigenvalue weighted by atomic mass is 19.4. The molecule has 0 saturated heterocycles. The Morgan fingerprint density at radius 2 is 1.92 bits per heavy atom. The molecule has 0 bridgehead atoms. The standard InChI is InChI=1S/C15H12F3N5O/c1-9-6-7-19-14-21-12(22-23(9)14)13(24)20-8-10-2-4-11(5-3-10)15(16,17)18/h2-7H,8H2,1H3,(H,20,24). The molecule has 0 atom stereocenters. The first-order valence-corrected chi connectivity index (χ1v) is 6.97. The summed E-state index contributed by atoms with van der Waals surface area (Å²) in [5.74, 6) is -0.279. The molecule has 1 amide bonds. The Balaban J connectivity index is 1.69. The molecule has 124 valence electrons. The lowest BCUT2D eigenvalue weighted by Gasteiger charge is -2.07. The average molecular weight is 335 g/mol. The highest BCUT2D eigenvalue weighted by Crippen LogP contribution is 2.29. The minimum atomic E-state index is -4.38. The average Bonchev–Trinajstić information content (AvgIpc) is 2.98. The number of nitrogens with one attached hydrogen (secondary N) is 1. The van der Waals surface area contributed by atoms with Gasteiger partial charge in [0.05, 0.1) is 5.56 Å². The molecule has 0 unspecified atom stereocenters. The minimum absolute atomic E-state index is 0.0521. The second kappa shape index (κ2) is 5.91. The maximum atomic E-state index is 12.5. The van der Waals surface area contributed by atoms with Gasteiger partial charge < -0.3 is 5.32 Å². The molecule has 6 nitrogen and oxygen atoms in total. The Kier molecular flexibility index (Phi) is 3.92. The topological polar surface area (TPSA) is 72.2 Å². The summed E-state index contributed by atoms with van der Waals surface area (Å²) in [4.78, 5) is 20.1. The van der Waals surface area contributed by atoms with Crippen molar-refractivity contribution in [2.24, 2.45) is 0 Å². The van der Waals surface area contributed by atoms with Gasteiger partial charge >= 0.3 is 6.18 Å². The molecule has 9 heteroatoms. The van der Waals surface area contributed by atoms with Gasteiger partial charge in [-0.15, -0.1) is 5.10 Å². The first kappa shape index (κ1) is 15.9. The number of carbonyl (C=O) groups excluding carboxylic acids is 1. The van der Waals surface area contributed by atoms with Gasteiger partial charge in [0.15, 0.2) is 0 Å². The zero-order valence-electron chi connectivity index (χ0n) is 12.5. The molecule has 3 aromatic rings. The van der Waals surface area contributed by atoms with Crippen molar-refractivity contribution in [2.45, 2.75) is 19.6 Å². The van der Waals surface area contributed by atoms with E-state index >= 15 is 0 Å². The van der Waals surface area contributed by atoms with Crippen LogP contribution in [0, 0.1) is 6.92 Å². The number of hydrogen-bond donors (Lipinski definition) is 1. The fourth-order valence-corrected chi connectivity index (χ4v) is 2.08. The number of halogens is 3. The summed E-state index contributed by atoms with van der Waals surface area (Å²) in [5.41, 5.74) is 0.574. The number of fused-ring (bicyclic) bond motifs is 1. The third-order valence-electron chi connectivity index (χ3n) is 3.37. The molecule has 0 aliphatic rings. The summed E-state index contributed by atoms with van der Waals surface area (Å²) >= 11 is 0. The molecule has 0 fully saturated rings. The van der Waals surface area contributed by atoms with Crippen molar-refractivity contribution < 1.29 is 18.0 Å². The summed E-state index contributed by atoms with van der Waals surface area (Å²) in [6, 6.07) is 6.29. The quantitative estimate of drug-likeness (QED) is 0.798. The molecular weight excluding hydrogens is 323 g/mol. The van der Waals surface area contributed by atoms with E-state index in [2.05, 4.69) is 20.4 Å². The van der Waals surface area contributed by atoms with Gasteiger partial charge in [0.1, 0.15) is 0 Å². The first-order valence-electron chi connectivity index (χ1n) is 6.97. The summed E-state index contributed by atoms with van der Waals surface area (Å²) < 4.78 is 38.9. The van der Waals surface area contributed by atoms with E-state index in [1.165, 1.54) is 16.6 Å². The number of alkyl halides is 3. The van der Waals surface area contributed by atoms with E-state index in [4.69, 9.17) is 0 Å². The van der Waals surface area contributed by atoms with E-state index in [0.717, 1.165) is 17.8 Å². The minimum Gasteiger partial charge on any atom is -0.345 e. The molecule has 0 radical (unpaired) electrons. The lowest BCUT2D eigenvalue weighted by molar-refractivity contribution is -0.137. The maximum absolute atomic E-state index is 12.5. The third kappa shape index (κ3) is 3.19. The van der Waals surface area contributed by atoms with Gasteiger partial charge in [-0.2, -0.15) is 18.2 Å². The Labute approximate surface area is 134 Å². The number of amides is 1. The number of aryl methyl sites for hydroxylation is 1. The molecule has 2 heterocycles. The number of benzene rings is 1. The first-order chi connectivity index (χ1) is 11.3. The molecule has 0 aliphatic carbocycles. The summed E-state index contributed by atoms with van der Waals surface area (Å²) in [5, 5.41) is 6.62. The number of aromatic nitrogens is 4. The van der Waals surface area contributed by atoms with E-state index in [1.807, 2.05) is 0 Å². The predicted molar refractivity (Wildman–Crippen MR) is 78.1 cm³/mol. The molecule has 1 aromatic carbocycles. The van der Waals surface area contributed by atoms with Crippen LogP contribution in [0.25, 0.3) is 5.78 Å². The second-order valence-electron chi connectivity index (χ2n) is 5.11. The Hall–Kier alpha value is -2.97. The van der Waals surface area contributed by atoms with E-state index in [0.29, 0.717) is 11.3 Å². The highest BCUT2D eigenvalue weighted by Gasteiger charge is 2.29. The van der Waals surface area contributed by atoms with Crippen LogP contribution in [0.15, 0.2) is 36.5 Å². The van der Waals surface area contributed by atoms with Crippen LogP contribution in [0.4, 0.5) is 13.2 Å². The maximum Gasteiger partial charge on any atom is 0.416 e. The molecule has 2 aromatic heterocycles. The van der Waals surface area contributed by atoms with Crippen LogP contribution in [0.5, 0.6) is 0 Å². The van der Waals surface area contributed by atoms with Gasteiger partial charge in [0, 0.05) is 18.4 Å². The predicted octanol–water partition coefficient (Wildman–Crippen LogP) is 2.38. The van der Waals surface area contributed by atoms with Crippen LogP contribution in [0.2, 0.25) is 0 Å². The molecule has 1 N–H and O–H groups in total. The molecule has 0 aliphatic heterocycles. The normalized spacial score (nSPS) is 11.7. The van der Waals surface area contributed by atoms with Crippen LogP contribution in [-0.2, 0) is 12.7 Å². The van der Waals surface area contributed by atoms with E-state index in [-0.39, 0.29) is 12.4 Å². The van der Waals surface area contributed by atoms with Crippen molar-refractivity contribution in [3.8, 4) is 0 Å². The molecule has 3 rings (SSSR count). The summed E-state index contributed by atoms with van der Waals surface area (Å²) in [6.45, 7) is 1.87. The number of hydrogen-bond acceptors (Lipinski definition) is 4. The van der Waals surface area contributed by atoms with Gasteiger partial charge in [-0.05, 0) is 30.7 Å². The zero-order chi connectivity index (χ0) is 17.3. The van der Waals surface area contributed by atoms with Gasteiger partial charge in [-0.25, -0.2) is 9.50 Å². The van der Waals surface area contributed by atoms with E-state index in [1.54, 1.807) is 19.2 Å². The third-order valence-corrected chi connectivity index (χ3v) is 3.37. The molecule has 0 saturated carbocycles. The van der Waals surface area contributed by atoms with Crippen LogP contribution in [0.1, 0.15) is 27.4 Å². The monoisotopic (exact) mass is 335 g/mol. The number of carbonyl (C=O) groups is 1. The van der Waals surface area contributed by atoms with E-state index < -0.39 is 17.6 Å². The molecular formula is C15H12F3N5O. The Morgan fingerprint density at radius 1 is 1.21 bits per heavy atom. The molecule has 0 spiro atoms. The van der Waals surface area contributed by atoms with Gasteiger partial charge in [0.25, 0.3) is 11.7 Å². The SMILES string of the molecule is Cc1ccnc2nc(C(=O)NCc3ccc(C(F)(F)F)cc3)nn12. The lowest BCUT2D eigenvalue weighted by Crippen LogP contribution is -2.24. The van der Waals surface area contributed by atoms with Crippen LogP contribution < -0.4 is 5.32 Å². The van der Waals surface area contributed by atoms with Crippen molar-refractivity contribution >= 4 is 11.7 Å². The lowest BCUT2D eigenvalue weighted by atomic mass is 10.1. The van der Waals surface area contributed by atoms with Crippen LogP contribution in [-0.4, -0.2) is 25.5 Å².